The number of esters is 1. The SMILES string of the molecule is CCOC(=O)c1cnc(-n2nc(C)cc2C)nc1Nc1ccccc1C(=O)Nc1ccc(OC)cc1. The number of nitrogens with zero attached hydrogens (tertiary/aromatic N) is 4. The van der Waals surface area contributed by atoms with Gasteiger partial charge in [0.1, 0.15) is 11.3 Å². The minimum Gasteiger partial charge on any atom is -0.497 e. The van der Waals surface area contributed by atoms with Crippen molar-refractivity contribution in [2.24, 2.45) is 0 Å². The van der Waals surface area contributed by atoms with Crippen LogP contribution in [-0.2, 0) is 4.74 Å². The van der Waals surface area contributed by atoms with Gasteiger partial charge >= 0.3 is 5.97 Å². The van der Waals surface area contributed by atoms with Gasteiger partial charge in [-0.2, -0.15) is 10.1 Å². The first kappa shape index (κ1) is 24.4. The molecule has 0 saturated carbocycles. The molecular weight excluding hydrogens is 460 g/mol. The van der Waals surface area contributed by atoms with E-state index in [1.807, 2.05) is 19.9 Å². The van der Waals surface area contributed by atoms with Crippen LogP contribution in [0.25, 0.3) is 5.95 Å². The van der Waals surface area contributed by atoms with E-state index in [4.69, 9.17) is 9.47 Å². The molecule has 2 aromatic carbocycles. The summed E-state index contributed by atoms with van der Waals surface area (Å²) < 4.78 is 11.9. The van der Waals surface area contributed by atoms with Crippen LogP contribution >= 0.6 is 0 Å². The van der Waals surface area contributed by atoms with E-state index in [-0.39, 0.29) is 29.8 Å². The molecule has 0 aliphatic rings. The first-order chi connectivity index (χ1) is 17.4. The van der Waals surface area contributed by atoms with Crippen LogP contribution in [0.1, 0.15) is 39.0 Å². The summed E-state index contributed by atoms with van der Waals surface area (Å²) in [7, 11) is 1.58. The molecule has 10 nitrogen and oxygen atoms in total. The second-order valence-corrected chi connectivity index (χ2v) is 7.84. The van der Waals surface area contributed by atoms with Crippen molar-refractivity contribution >= 4 is 29.1 Å². The van der Waals surface area contributed by atoms with Gasteiger partial charge in [-0.3, -0.25) is 4.79 Å². The number of anilines is 3. The molecule has 2 N–H and O–H groups in total. The van der Waals surface area contributed by atoms with Gasteiger partial charge in [-0.1, -0.05) is 12.1 Å². The van der Waals surface area contributed by atoms with Crippen molar-refractivity contribution in [1.29, 1.82) is 0 Å². The third-order valence-corrected chi connectivity index (χ3v) is 5.24. The number of methoxy groups -OCH3 is 1. The van der Waals surface area contributed by atoms with Crippen molar-refractivity contribution in [3.63, 3.8) is 0 Å². The number of aromatic nitrogens is 4. The van der Waals surface area contributed by atoms with Crippen molar-refractivity contribution < 1.29 is 19.1 Å². The predicted octanol–water partition coefficient (Wildman–Crippen LogP) is 4.46. The molecule has 2 heterocycles. The van der Waals surface area contributed by atoms with E-state index in [1.54, 1.807) is 67.2 Å². The van der Waals surface area contributed by atoms with Crippen LogP contribution in [-0.4, -0.2) is 45.3 Å². The zero-order chi connectivity index (χ0) is 25.7. The zero-order valence-corrected chi connectivity index (χ0v) is 20.4. The van der Waals surface area contributed by atoms with Crippen LogP contribution < -0.4 is 15.4 Å². The van der Waals surface area contributed by atoms with E-state index in [2.05, 4.69) is 25.7 Å². The summed E-state index contributed by atoms with van der Waals surface area (Å²) in [4.78, 5) is 34.6. The van der Waals surface area contributed by atoms with Crippen LogP contribution in [0.2, 0.25) is 0 Å². The van der Waals surface area contributed by atoms with E-state index < -0.39 is 5.97 Å². The molecule has 1 amide bonds. The Morgan fingerprint density at radius 2 is 1.78 bits per heavy atom. The maximum Gasteiger partial charge on any atom is 0.343 e. The summed E-state index contributed by atoms with van der Waals surface area (Å²) in [6.07, 6.45) is 1.39. The van der Waals surface area contributed by atoms with E-state index in [0.717, 1.165) is 11.4 Å². The van der Waals surface area contributed by atoms with Gasteiger partial charge in [0.25, 0.3) is 11.9 Å². The highest BCUT2D eigenvalue weighted by Crippen LogP contribution is 2.25. The summed E-state index contributed by atoms with van der Waals surface area (Å²) in [6, 6.07) is 15.8. The van der Waals surface area contributed by atoms with Crippen molar-refractivity contribution in [3.05, 3.63) is 83.3 Å². The molecule has 0 fully saturated rings. The number of rotatable bonds is 8. The van der Waals surface area contributed by atoms with Crippen LogP contribution in [0.3, 0.4) is 0 Å². The highest BCUT2D eigenvalue weighted by Gasteiger charge is 2.20. The van der Waals surface area contributed by atoms with E-state index >= 15 is 0 Å². The lowest BCUT2D eigenvalue weighted by molar-refractivity contribution is 0.0526. The highest BCUT2D eigenvalue weighted by molar-refractivity contribution is 6.08. The minimum atomic E-state index is -0.583. The number of para-hydroxylation sites is 1. The van der Waals surface area contributed by atoms with Crippen LogP contribution in [0, 0.1) is 13.8 Å². The zero-order valence-electron chi connectivity index (χ0n) is 20.4. The average Bonchev–Trinajstić information content (AvgIpc) is 3.22. The number of amides is 1. The highest BCUT2D eigenvalue weighted by atomic mass is 16.5. The largest absolute Gasteiger partial charge is 0.497 e. The first-order valence-electron chi connectivity index (χ1n) is 11.3. The Balaban J connectivity index is 1.69. The lowest BCUT2D eigenvalue weighted by atomic mass is 10.1. The molecule has 36 heavy (non-hydrogen) atoms. The maximum absolute atomic E-state index is 13.1. The molecule has 4 aromatic rings. The summed E-state index contributed by atoms with van der Waals surface area (Å²) in [6.45, 7) is 5.66. The van der Waals surface area contributed by atoms with Gasteiger partial charge in [-0.05, 0) is 63.2 Å². The molecule has 0 spiro atoms. The predicted molar refractivity (Wildman–Crippen MR) is 135 cm³/mol. The van der Waals surface area contributed by atoms with Gasteiger partial charge in [-0.15, -0.1) is 0 Å². The van der Waals surface area contributed by atoms with Crippen molar-refractivity contribution in [2.75, 3.05) is 24.4 Å². The summed E-state index contributed by atoms with van der Waals surface area (Å²) >= 11 is 0. The van der Waals surface area contributed by atoms with Crippen LogP contribution in [0.4, 0.5) is 17.2 Å². The minimum absolute atomic E-state index is 0.132. The number of carbonyl (C=O) groups excluding carboxylic acids is 2. The van der Waals surface area contributed by atoms with Gasteiger partial charge in [0.2, 0.25) is 0 Å². The topological polar surface area (TPSA) is 120 Å². The molecule has 184 valence electrons. The Hall–Kier alpha value is -4.73. The van der Waals surface area contributed by atoms with Crippen LogP contribution in [0.5, 0.6) is 5.75 Å². The second-order valence-electron chi connectivity index (χ2n) is 7.84. The Kier molecular flexibility index (Phi) is 7.24. The number of hydrogen-bond acceptors (Lipinski definition) is 8. The Labute approximate surface area is 208 Å². The van der Waals surface area contributed by atoms with E-state index in [9.17, 15) is 9.59 Å². The third-order valence-electron chi connectivity index (χ3n) is 5.24. The molecule has 2 aromatic heterocycles. The monoisotopic (exact) mass is 486 g/mol. The third kappa shape index (κ3) is 5.33. The van der Waals surface area contributed by atoms with Crippen molar-refractivity contribution in [2.45, 2.75) is 20.8 Å². The Bertz CT molecular complexity index is 1400. The fraction of sp³-hybridized carbons (Fsp3) is 0.192. The van der Waals surface area contributed by atoms with E-state index in [0.29, 0.717) is 22.7 Å². The van der Waals surface area contributed by atoms with Gasteiger partial charge in [-0.25, -0.2) is 14.5 Å². The quantitative estimate of drug-likeness (QED) is 0.350. The van der Waals surface area contributed by atoms with Crippen molar-refractivity contribution in [3.8, 4) is 11.7 Å². The fourth-order valence-electron chi connectivity index (χ4n) is 3.55. The van der Waals surface area contributed by atoms with Gasteiger partial charge in [0.15, 0.2) is 5.82 Å². The maximum atomic E-state index is 13.1. The molecular formula is C26H26N6O4. The number of ether oxygens (including phenoxy) is 2. The Morgan fingerprint density at radius 3 is 2.44 bits per heavy atom. The molecule has 0 radical (unpaired) electrons. The van der Waals surface area contributed by atoms with Gasteiger partial charge in [0.05, 0.1) is 30.7 Å². The van der Waals surface area contributed by atoms with Gasteiger partial charge in [0, 0.05) is 17.6 Å². The molecule has 10 heteroatoms. The van der Waals surface area contributed by atoms with Gasteiger partial charge < -0.3 is 20.1 Å². The van der Waals surface area contributed by atoms with E-state index in [1.165, 1.54) is 6.20 Å². The standard InChI is InChI=1S/C26H26N6O4/c1-5-36-25(34)21-15-27-26(32-17(3)14-16(2)31-32)30-23(21)29-22-9-7-6-8-20(22)24(33)28-18-10-12-19(35-4)13-11-18/h6-15H,5H2,1-4H3,(H,28,33)(H,27,29,30). The first-order valence-corrected chi connectivity index (χ1v) is 11.3. The summed E-state index contributed by atoms with van der Waals surface area (Å²) in [5, 5.41) is 10.4. The second kappa shape index (κ2) is 10.7. The molecule has 0 unspecified atom stereocenters. The summed E-state index contributed by atoms with van der Waals surface area (Å²) in [5.41, 5.74) is 3.19. The number of aryl methyl sites for hydroxylation is 2. The normalized spacial score (nSPS) is 10.6. The Morgan fingerprint density at radius 1 is 1.03 bits per heavy atom. The smallest absolute Gasteiger partial charge is 0.343 e. The number of nitrogens with one attached hydrogen (secondary N) is 2. The molecule has 0 saturated heterocycles. The number of hydrogen-bond donors (Lipinski definition) is 2. The molecule has 0 aliphatic carbocycles. The van der Waals surface area contributed by atoms with Crippen LogP contribution in [0.15, 0.2) is 60.8 Å². The lowest BCUT2D eigenvalue weighted by Crippen LogP contribution is -2.16. The number of carbonyl (C=O) groups is 2. The molecule has 0 aliphatic heterocycles. The fourth-order valence-corrected chi connectivity index (χ4v) is 3.55. The van der Waals surface area contributed by atoms with Crippen molar-refractivity contribution in [1.82, 2.24) is 19.7 Å². The average molecular weight is 487 g/mol. The molecule has 4 rings (SSSR count). The molecule has 0 atom stereocenters. The molecule has 0 bridgehead atoms. The summed E-state index contributed by atoms with van der Waals surface area (Å²) in [5.74, 6) is 0.226. The number of benzene rings is 2. The lowest BCUT2D eigenvalue weighted by Gasteiger charge is -2.15.